The first-order valence-electron chi connectivity index (χ1n) is 6.75. The molecular formula is C15H27N3O. The normalized spacial score (nSPS) is 11.7. The van der Waals surface area contributed by atoms with Crippen LogP contribution in [0.1, 0.15) is 32.0 Å². The SMILES string of the molecule is COCCN(C)c1ccc(CNC(C)(C)C)c(C)n1. The number of nitrogens with zero attached hydrogens (tertiary/aromatic N) is 2. The Morgan fingerprint density at radius 1 is 1.32 bits per heavy atom. The van der Waals surface area contributed by atoms with Crippen molar-refractivity contribution in [3.63, 3.8) is 0 Å². The lowest BCUT2D eigenvalue weighted by atomic mass is 10.1. The summed E-state index contributed by atoms with van der Waals surface area (Å²) in [4.78, 5) is 6.77. The van der Waals surface area contributed by atoms with Crippen LogP contribution in [0.5, 0.6) is 0 Å². The minimum atomic E-state index is 0.125. The molecule has 1 aromatic rings. The molecule has 0 bridgehead atoms. The van der Waals surface area contributed by atoms with E-state index < -0.39 is 0 Å². The smallest absolute Gasteiger partial charge is 0.128 e. The van der Waals surface area contributed by atoms with Gasteiger partial charge in [-0.2, -0.15) is 0 Å². The van der Waals surface area contributed by atoms with Crippen LogP contribution >= 0.6 is 0 Å². The van der Waals surface area contributed by atoms with Crippen LogP contribution in [0.25, 0.3) is 0 Å². The number of ether oxygens (including phenoxy) is 1. The zero-order chi connectivity index (χ0) is 14.5. The number of rotatable bonds is 6. The lowest BCUT2D eigenvalue weighted by molar-refractivity contribution is 0.206. The zero-order valence-corrected chi connectivity index (χ0v) is 13.1. The lowest BCUT2D eigenvalue weighted by Crippen LogP contribution is -2.35. The summed E-state index contributed by atoms with van der Waals surface area (Å²) < 4.78 is 5.08. The Kier molecular flexibility index (Phi) is 5.76. The quantitative estimate of drug-likeness (QED) is 0.857. The van der Waals surface area contributed by atoms with E-state index in [1.165, 1.54) is 5.56 Å². The molecule has 1 aromatic heterocycles. The molecule has 0 aliphatic carbocycles. The van der Waals surface area contributed by atoms with Gasteiger partial charge in [0.1, 0.15) is 5.82 Å². The van der Waals surface area contributed by atoms with Crippen molar-refractivity contribution in [1.29, 1.82) is 0 Å². The highest BCUT2D eigenvalue weighted by Crippen LogP contribution is 2.14. The Labute approximate surface area is 117 Å². The van der Waals surface area contributed by atoms with E-state index in [0.717, 1.165) is 24.6 Å². The second kappa shape index (κ2) is 6.87. The van der Waals surface area contributed by atoms with Gasteiger partial charge in [0.25, 0.3) is 0 Å². The fourth-order valence-electron chi connectivity index (χ4n) is 1.68. The average molecular weight is 265 g/mol. The van der Waals surface area contributed by atoms with Gasteiger partial charge in [-0.05, 0) is 39.3 Å². The van der Waals surface area contributed by atoms with Gasteiger partial charge in [-0.25, -0.2) is 4.98 Å². The Bertz CT molecular complexity index is 399. The van der Waals surface area contributed by atoms with Gasteiger partial charge in [0.15, 0.2) is 0 Å². The summed E-state index contributed by atoms with van der Waals surface area (Å²) >= 11 is 0. The molecule has 0 amide bonds. The van der Waals surface area contributed by atoms with Gasteiger partial charge in [-0.3, -0.25) is 0 Å². The predicted octanol–water partition coefficient (Wildman–Crippen LogP) is 2.36. The van der Waals surface area contributed by atoms with Crippen molar-refractivity contribution in [2.24, 2.45) is 0 Å². The second-order valence-corrected chi connectivity index (χ2v) is 5.93. The number of hydrogen-bond donors (Lipinski definition) is 1. The van der Waals surface area contributed by atoms with E-state index in [4.69, 9.17) is 4.74 Å². The summed E-state index contributed by atoms with van der Waals surface area (Å²) in [7, 11) is 3.75. The molecule has 4 nitrogen and oxygen atoms in total. The Morgan fingerprint density at radius 3 is 2.53 bits per heavy atom. The number of anilines is 1. The molecular weight excluding hydrogens is 238 g/mol. The minimum Gasteiger partial charge on any atom is -0.383 e. The number of pyridine rings is 1. The van der Waals surface area contributed by atoms with Gasteiger partial charge >= 0.3 is 0 Å². The second-order valence-electron chi connectivity index (χ2n) is 5.93. The number of aryl methyl sites for hydroxylation is 1. The Balaban J connectivity index is 2.69. The van der Waals surface area contributed by atoms with E-state index >= 15 is 0 Å². The molecule has 0 aromatic carbocycles. The van der Waals surface area contributed by atoms with Gasteiger partial charge < -0.3 is 15.0 Å². The summed E-state index contributed by atoms with van der Waals surface area (Å²) in [6.45, 7) is 11.0. The third kappa shape index (κ3) is 5.57. The first kappa shape index (κ1) is 15.9. The van der Waals surface area contributed by atoms with Crippen molar-refractivity contribution in [3.8, 4) is 0 Å². The van der Waals surface area contributed by atoms with E-state index in [-0.39, 0.29) is 5.54 Å². The summed E-state index contributed by atoms with van der Waals surface area (Å²) in [6.07, 6.45) is 0. The molecule has 108 valence electrons. The van der Waals surface area contributed by atoms with E-state index in [1.54, 1.807) is 7.11 Å². The molecule has 0 fully saturated rings. The maximum Gasteiger partial charge on any atom is 0.128 e. The van der Waals surface area contributed by atoms with Crippen LogP contribution < -0.4 is 10.2 Å². The van der Waals surface area contributed by atoms with Gasteiger partial charge in [0, 0.05) is 38.5 Å². The van der Waals surface area contributed by atoms with Crippen LogP contribution in [0.2, 0.25) is 0 Å². The summed E-state index contributed by atoms with van der Waals surface area (Å²) in [5.74, 6) is 0.994. The third-order valence-corrected chi connectivity index (χ3v) is 3.01. The molecule has 0 spiro atoms. The highest BCUT2D eigenvalue weighted by atomic mass is 16.5. The summed E-state index contributed by atoms with van der Waals surface area (Å²) in [5.41, 5.74) is 2.46. The van der Waals surface area contributed by atoms with Crippen LogP contribution in [0.4, 0.5) is 5.82 Å². The predicted molar refractivity (Wildman–Crippen MR) is 80.7 cm³/mol. The van der Waals surface area contributed by atoms with E-state index in [2.05, 4.69) is 55.0 Å². The fourth-order valence-corrected chi connectivity index (χ4v) is 1.68. The van der Waals surface area contributed by atoms with Crippen molar-refractivity contribution in [2.75, 3.05) is 32.2 Å². The van der Waals surface area contributed by atoms with Crippen molar-refractivity contribution in [3.05, 3.63) is 23.4 Å². The van der Waals surface area contributed by atoms with E-state index in [1.807, 2.05) is 7.05 Å². The van der Waals surface area contributed by atoms with E-state index in [0.29, 0.717) is 6.61 Å². The van der Waals surface area contributed by atoms with Gasteiger partial charge in [0.05, 0.1) is 6.61 Å². The monoisotopic (exact) mass is 265 g/mol. The van der Waals surface area contributed by atoms with Gasteiger partial charge in [-0.1, -0.05) is 6.07 Å². The molecule has 0 aliphatic rings. The molecule has 0 unspecified atom stereocenters. The summed E-state index contributed by atoms with van der Waals surface area (Å²) in [5, 5.41) is 3.49. The highest BCUT2D eigenvalue weighted by Gasteiger charge is 2.11. The number of likely N-dealkylation sites (N-methyl/N-ethyl adjacent to an activating group) is 1. The molecule has 0 radical (unpaired) electrons. The minimum absolute atomic E-state index is 0.125. The molecule has 1 rings (SSSR count). The lowest BCUT2D eigenvalue weighted by Gasteiger charge is -2.22. The standard InChI is InChI=1S/C15H27N3O/c1-12-13(11-16-15(2,3)4)7-8-14(17-12)18(5)9-10-19-6/h7-8,16H,9-11H2,1-6H3. The van der Waals surface area contributed by atoms with Crippen LogP contribution in [0.15, 0.2) is 12.1 Å². The number of methoxy groups -OCH3 is 1. The van der Waals surface area contributed by atoms with Crippen LogP contribution in [0, 0.1) is 6.92 Å². The molecule has 0 atom stereocenters. The molecule has 1 N–H and O–H groups in total. The van der Waals surface area contributed by atoms with Crippen molar-refractivity contribution in [1.82, 2.24) is 10.3 Å². The highest BCUT2D eigenvalue weighted by molar-refractivity contribution is 5.40. The first-order valence-corrected chi connectivity index (χ1v) is 6.75. The Morgan fingerprint density at radius 2 is 2.00 bits per heavy atom. The zero-order valence-electron chi connectivity index (χ0n) is 13.1. The largest absolute Gasteiger partial charge is 0.383 e. The fraction of sp³-hybridized carbons (Fsp3) is 0.667. The van der Waals surface area contributed by atoms with Gasteiger partial charge in [0.2, 0.25) is 0 Å². The topological polar surface area (TPSA) is 37.4 Å². The molecule has 1 heterocycles. The third-order valence-electron chi connectivity index (χ3n) is 3.01. The van der Waals surface area contributed by atoms with Crippen LogP contribution in [-0.4, -0.2) is 37.8 Å². The van der Waals surface area contributed by atoms with Crippen LogP contribution in [0.3, 0.4) is 0 Å². The Hall–Kier alpha value is -1.13. The van der Waals surface area contributed by atoms with Crippen molar-refractivity contribution in [2.45, 2.75) is 39.8 Å². The maximum absolute atomic E-state index is 5.08. The maximum atomic E-state index is 5.08. The molecule has 19 heavy (non-hydrogen) atoms. The van der Waals surface area contributed by atoms with E-state index in [9.17, 15) is 0 Å². The molecule has 0 aliphatic heterocycles. The molecule has 0 saturated carbocycles. The average Bonchev–Trinajstić information content (AvgIpc) is 2.33. The first-order chi connectivity index (χ1) is 8.83. The molecule has 4 heteroatoms. The van der Waals surface area contributed by atoms with Gasteiger partial charge in [-0.15, -0.1) is 0 Å². The molecule has 0 saturated heterocycles. The van der Waals surface area contributed by atoms with Crippen molar-refractivity contribution >= 4 is 5.82 Å². The number of aromatic nitrogens is 1. The van der Waals surface area contributed by atoms with Crippen LogP contribution in [-0.2, 0) is 11.3 Å². The summed E-state index contributed by atoms with van der Waals surface area (Å²) in [6, 6.07) is 4.22. The number of nitrogens with one attached hydrogen (secondary N) is 1. The van der Waals surface area contributed by atoms with Crippen molar-refractivity contribution < 1.29 is 4.74 Å². The number of hydrogen-bond acceptors (Lipinski definition) is 4.